The fourth-order valence-electron chi connectivity index (χ4n) is 4.51. The molecule has 1 saturated heterocycles. The molecule has 13 heteroatoms. The molecular formula is C25H27F7N4O2. The van der Waals surface area contributed by atoms with E-state index in [1.54, 1.807) is 13.0 Å². The summed E-state index contributed by atoms with van der Waals surface area (Å²) in [6.07, 6.45) is -10.1. The highest BCUT2D eigenvalue weighted by Gasteiger charge is 2.37. The Balaban J connectivity index is 1.90. The van der Waals surface area contributed by atoms with Crippen LogP contribution in [0.4, 0.5) is 35.5 Å². The molecule has 0 saturated carbocycles. The lowest BCUT2D eigenvalue weighted by atomic mass is 9.92. The first kappa shape index (κ1) is 29.2. The van der Waals surface area contributed by atoms with Crippen molar-refractivity contribution >= 4 is 11.9 Å². The summed E-state index contributed by atoms with van der Waals surface area (Å²) in [7, 11) is 0. The molecule has 38 heavy (non-hydrogen) atoms. The number of amides is 3. The van der Waals surface area contributed by atoms with E-state index < -0.39 is 72.0 Å². The Morgan fingerprint density at radius 2 is 1.63 bits per heavy atom. The average molecular weight is 549 g/mol. The lowest BCUT2D eigenvalue weighted by molar-refractivity contribution is -0.143. The van der Waals surface area contributed by atoms with E-state index in [1.807, 2.05) is 0 Å². The van der Waals surface area contributed by atoms with Crippen LogP contribution in [0.15, 0.2) is 36.4 Å². The summed E-state index contributed by atoms with van der Waals surface area (Å²) in [6.45, 7) is 1.47. The molecule has 208 valence electrons. The van der Waals surface area contributed by atoms with Crippen molar-refractivity contribution in [3.05, 3.63) is 70.0 Å². The highest BCUT2D eigenvalue weighted by molar-refractivity contribution is 5.80. The molecule has 0 aromatic heterocycles. The molecule has 1 fully saturated rings. The Morgan fingerprint density at radius 1 is 1.00 bits per heavy atom. The molecule has 1 aliphatic rings. The molecular weight excluding hydrogens is 521 g/mol. The van der Waals surface area contributed by atoms with Crippen molar-refractivity contribution in [2.45, 2.75) is 57.2 Å². The predicted octanol–water partition coefficient (Wildman–Crippen LogP) is 5.05. The van der Waals surface area contributed by atoms with Crippen LogP contribution in [0.1, 0.15) is 53.1 Å². The molecule has 4 N–H and O–H groups in total. The highest BCUT2D eigenvalue weighted by Crippen LogP contribution is 2.37. The Morgan fingerprint density at radius 3 is 2.18 bits per heavy atom. The van der Waals surface area contributed by atoms with Crippen molar-refractivity contribution in [3.63, 3.8) is 0 Å². The molecule has 1 aliphatic heterocycles. The summed E-state index contributed by atoms with van der Waals surface area (Å²) >= 11 is 0. The average Bonchev–Trinajstić information content (AvgIpc) is 2.82. The Labute approximate surface area is 214 Å². The van der Waals surface area contributed by atoms with E-state index in [4.69, 9.17) is 5.73 Å². The van der Waals surface area contributed by atoms with E-state index >= 15 is 0 Å². The molecule has 0 radical (unpaired) electrons. The van der Waals surface area contributed by atoms with Crippen molar-refractivity contribution < 1.29 is 40.3 Å². The minimum atomic E-state index is -5.05. The van der Waals surface area contributed by atoms with Crippen molar-refractivity contribution in [2.24, 2.45) is 5.73 Å². The third-order valence-corrected chi connectivity index (χ3v) is 6.26. The van der Waals surface area contributed by atoms with E-state index in [0.29, 0.717) is 42.6 Å². The number of benzene rings is 2. The van der Waals surface area contributed by atoms with Crippen molar-refractivity contribution in [3.8, 4) is 0 Å². The third kappa shape index (κ3) is 7.36. The zero-order chi connectivity index (χ0) is 28.3. The van der Waals surface area contributed by atoms with Gasteiger partial charge in [-0.1, -0.05) is 6.07 Å². The number of aryl methyl sites for hydroxylation is 1. The second kappa shape index (κ2) is 11.6. The van der Waals surface area contributed by atoms with Gasteiger partial charge >= 0.3 is 18.4 Å². The van der Waals surface area contributed by atoms with Crippen molar-refractivity contribution in [2.75, 3.05) is 13.1 Å². The highest BCUT2D eigenvalue weighted by atomic mass is 19.4. The number of hydrogen-bond acceptors (Lipinski definition) is 3. The monoisotopic (exact) mass is 548 g/mol. The summed E-state index contributed by atoms with van der Waals surface area (Å²) < 4.78 is 93.4. The maximum absolute atomic E-state index is 13.6. The smallest absolute Gasteiger partial charge is 0.335 e. The number of alkyl halides is 6. The maximum atomic E-state index is 13.6. The van der Waals surface area contributed by atoms with E-state index in [9.17, 15) is 40.3 Å². The molecule has 2 aromatic rings. The molecule has 2 unspecified atom stereocenters. The van der Waals surface area contributed by atoms with Gasteiger partial charge < -0.3 is 21.3 Å². The zero-order valence-corrected chi connectivity index (χ0v) is 20.3. The molecule has 2 atom stereocenters. The van der Waals surface area contributed by atoms with Crippen LogP contribution in [-0.2, 0) is 23.6 Å². The number of carbonyl (C=O) groups is 2. The first-order valence-corrected chi connectivity index (χ1v) is 11.8. The molecule has 0 spiro atoms. The number of nitrogens with zero attached hydrogens (tertiary/aromatic N) is 1. The topological polar surface area (TPSA) is 87.5 Å². The zero-order valence-electron chi connectivity index (χ0n) is 20.3. The molecule has 0 aliphatic carbocycles. The second-order valence-corrected chi connectivity index (χ2v) is 9.10. The number of rotatable bonds is 6. The number of piperidine rings is 1. The van der Waals surface area contributed by atoms with Gasteiger partial charge in [0.05, 0.1) is 23.7 Å². The minimum absolute atomic E-state index is 0.00108. The van der Waals surface area contributed by atoms with Crippen LogP contribution in [0, 0.1) is 12.7 Å². The predicted molar refractivity (Wildman–Crippen MR) is 124 cm³/mol. The number of hydrogen-bond donors (Lipinski definition) is 3. The van der Waals surface area contributed by atoms with Crippen LogP contribution < -0.4 is 16.4 Å². The lowest BCUT2D eigenvalue weighted by Gasteiger charge is -2.37. The quantitative estimate of drug-likeness (QED) is 0.349. The standard InChI is InChI=1S/C25H27F7N4O2/c1-14-8-18(26)5-6-19(14)20-4-2-3-7-36(20)23(38)35-21(34-22(37)13-33)11-15-9-16(24(27,28)29)12-17(10-15)25(30,31)32/h5-6,8-10,12,20-21H,2-4,7,11,13,33H2,1H3,(H,34,37)(H,35,38). The molecule has 6 nitrogen and oxygen atoms in total. The summed E-state index contributed by atoms with van der Waals surface area (Å²) in [5.74, 6) is -1.22. The van der Waals surface area contributed by atoms with Gasteiger partial charge in [0, 0.05) is 13.0 Å². The first-order chi connectivity index (χ1) is 17.7. The van der Waals surface area contributed by atoms with Crippen molar-refractivity contribution in [1.82, 2.24) is 15.5 Å². The van der Waals surface area contributed by atoms with E-state index in [-0.39, 0.29) is 6.07 Å². The number of likely N-dealkylation sites (tertiary alicyclic amines) is 1. The number of nitrogens with one attached hydrogen (secondary N) is 2. The van der Waals surface area contributed by atoms with Crippen LogP contribution >= 0.6 is 0 Å². The molecule has 2 aromatic carbocycles. The van der Waals surface area contributed by atoms with Gasteiger partial charge in [0.1, 0.15) is 12.0 Å². The number of halogens is 7. The molecule has 0 bridgehead atoms. The molecule has 3 amide bonds. The first-order valence-electron chi connectivity index (χ1n) is 11.8. The fraction of sp³-hybridized carbons (Fsp3) is 0.440. The third-order valence-electron chi connectivity index (χ3n) is 6.26. The van der Waals surface area contributed by atoms with Crippen LogP contribution in [0.2, 0.25) is 0 Å². The van der Waals surface area contributed by atoms with Gasteiger partial charge in [0.15, 0.2) is 0 Å². The Hall–Kier alpha value is -3.35. The molecule has 1 heterocycles. The van der Waals surface area contributed by atoms with Crippen LogP contribution in [0.5, 0.6) is 0 Å². The number of carbonyl (C=O) groups excluding carboxylic acids is 2. The van der Waals surface area contributed by atoms with Crippen molar-refractivity contribution in [1.29, 1.82) is 0 Å². The van der Waals surface area contributed by atoms with Crippen LogP contribution in [0.3, 0.4) is 0 Å². The number of urea groups is 1. The lowest BCUT2D eigenvalue weighted by Crippen LogP contribution is -2.55. The largest absolute Gasteiger partial charge is 0.416 e. The van der Waals surface area contributed by atoms with Gasteiger partial charge in [-0.25, -0.2) is 9.18 Å². The SMILES string of the molecule is Cc1cc(F)ccc1C1CCCCN1C(=O)NC(Cc1cc(C(F)(F)F)cc(C(F)(F)F)c1)NC(=O)CN. The van der Waals surface area contributed by atoms with Crippen LogP contribution in [-0.4, -0.2) is 36.1 Å². The van der Waals surface area contributed by atoms with E-state index in [2.05, 4.69) is 10.6 Å². The molecule has 3 rings (SSSR count). The van der Waals surface area contributed by atoms with Gasteiger partial charge in [-0.2, -0.15) is 26.3 Å². The van der Waals surface area contributed by atoms with Crippen LogP contribution in [0.25, 0.3) is 0 Å². The summed E-state index contributed by atoms with van der Waals surface area (Å²) in [5, 5.41) is 4.85. The maximum Gasteiger partial charge on any atom is 0.416 e. The van der Waals surface area contributed by atoms with Gasteiger partial charge in [0.2, 0.25) is 5.91 Å². The summed E-state index contributed by atoms with van der Waals surface area (Å²) in [6, 6.07) is 4.10. The number of nitrogens with two attached hydrogens (primary N) is 1. The van der Waals surface area contributed by atoms with Gasteiger partial charge in [-0.05, 0) is 73.2 Å². The second-order valence-electron chi connectivity index (χ2n) is 9.10. The Kier molecular flexibility index (Phi) is 8.90. The normalized spacial score (nSPS) is 17.2. The summed E-state index contributed by atoms with van der Waals surface area (Å²) in [4.78, 5) is 26.7. The van der Waals surface area contributed by atoms with Gasteiger partial charge in [0.25, 0.3) is 0 Å². The van der Waals surface area contributed by atoms with E-state index in [0.717, 1.165) is 6.42 Å². The fourth-order valence-corrected chi connectivity index (χ4v) is 4.51. The van der Waals surface area contributed by atoms with Gasteiger partial charge in [-0.15, -0.1) is 0 Å². The van der Waals surface area contributed by atoms with Gasteiger partial charge in [-0.3, -0.25) is 4.79 Å². The Bertz CT molecular complexity index is 1140. The van der Waals surface area contributed by atoms with E-state index in [1.165, 1.54) is 17.0 Å². The minimum Gasteiger partial charge on any atom is -0.335 e. The summed E-state index contributed by atoms with van der Waals surface area (Å²) in [5.41, 5.74) is 3.21.